The van der Waals surface area contributed by atoms with Crippen LogP contribution in [0.4, 0.5) is 5.69 Å². The molecule has 0 radical (unpaired) electrons. The molecule has 0 aromatic heterocycles. The van der Waals surface area contributed by atoms with Crippen LogP contribution in [0.15, 0.2) is 48.5 Å². The van der Waals surface area contributed by atoms with Crippen molar-refractivity contribution in [1.29, 1.82) is 0 Å². The molecule has 6 nitrogen and oxygen atoms in total. The third kappa shape index (κ3) is 4.69. The van der Waals surface area contributed by atoms with E-state index in [2.05, 4.69) is 10.6 Å². The molecule has 0 unspecified atom stereocenters. The summed E-state index contributed by atoms with van der Waals surface area (Å²) in [6.07, 6.45) is 1.96. The van der Waals surface area contributed by atoms with Crippen LogP contribution in [0, 0.1) is 6.92 Å². The predicted octanol–water partition coefficient (Wildman–Crippen LogP) is 2.68. The first-order valence-corrected chi connectivity index (χ1v) is 8.46. The van der Waals surface area contributed by atoms with Gasteiger partial charge >= 0.3 is 5.97 Å². The van der Waals surface area contributed by atoms with Crippen LogP contribution in [0.25, 0.3) is 0 Å². The molecule has 0 atom stereocenters. The molecule has 1 saturated carbocycles. The standard InChI is InChI=1S/C20H20N2O4/c1-13-6-8-14(9-7-13)20(25)26-12-18(23)22-17-5-3-2-4-16(17)19(24)21-15-10-11-15/h2-9,15H,10-12H2,1H3,(H,21,24)(H,22,23). The first-order chi connectivity index (χ1) is 12.5. The number of hydrogen-bond acceptors (Lipinski definition) is 4. The van der Waals surface area contributed by atoms with Gasteiger partial charge in [0.15, 0.2) is 6.61 Å². The van der Waals surface area contributed by atoms with Crippen LogP contribution in [-0.2, 0) is 9.53 Å². The Labute approximate surface area is 151 Å². The zero-order valence-corrected chi connectivity index (χ0v) is 14.5. The SMILES string of the molecule is Cc1ccc(C(=O)OCC(=O)Nc2ccccc2C(=O)NC2CC2)cc1. The van der Waals surface area contributed by atoms with E-state index >= 15 is 0 Å². The second-order valence-electron chi connectivity index (χ2n) is 6.28. The number of benzene rings is 2. The number of ether oxygens (including phenoxy) is 1. The van der Waals surface area contributed by atoms with Gasteiger partial charge in [-0.3, -0.25) is 9.59 Å². The van der Waals surface area contributed by atoms with Crippen molar-refractivity contribution in [3.8, 4) is 0 Å². The van der Waals surface area contributed by atoms with Gasteiger partial charge in [-0.1, -0.05) is 29.8 Å². The maximum atomic E-state index is 12.2. The highest BCUT2D eigenvalue weighted by Gasteiger charge is 2.25. The lowest BCUT2D eigenvalue weighted by Crippen LogP contribution is -2.28. The van der Waals surface area contributed by atoms with E-state index in [0.29, 0.717) is 16.8 Å². The third-order valence-electron chi connectivity index (χ3n) is 3.98. The van der Waals surface area contributed by atoms with Gasteiger partial charge in [-0.05, 0) is 44.0 Å². The van der Waals surface area contributed by atoms with Crippen molar-refractivity contribution < 1.29 is 19.1 Å². The number of esters is 1. The second-order valence-corrected chi connectivity index (χ2v) is 6.28. The molecule has 1 aliphatic rings. The van der Waals surface area contributed by atoms with Gasteiger partial charge in [0.25, 0.3) is 11.8 Å². The molecular formula is C20H20N2O4. The van der Waals surface area contributed by atoms with Crippen molar-refractivity contribution in [2.45, 2.75) is 25.8 Å². The number of carbonyl (C=O) groups excluding carboxylic acids is 3. The van der Waals surface area contributed by atoms with E-state index in [1.807, 2.05) is 6.92 Å². The molecule has 6 heteroatoms. The minimum absolute atomic E-state index is 0.222. The lowest BCUT2D eigenvalue weighted by Gasteiger charge is -2.11. The van der Waals surface area contributed by atoms with E-state index in [1.54, 1.807) is 48.5 Å². The molecule has 2 amide bonds. The summed E-state index contributed by atoms with van der Waals surface area (Å²) in [6.45, 7) is 1.49. The molecular weight excluding hydrogens is 332 g/mol. The van der Waals surface area contributed by atoms with E-state index in [9.17, 15) is 14.4 Å². The molecule has 1 fully saturated rings. The quantitative estimate of drug-likeness (QED) is 0.783. The fourth-order valence-electron chi connectivity index (χ4n) is 2.37. The normalized spacial score (nSPS) is 13.0. The molecule has 26 heavy (non-hydrogen) atoms. The number of rotatable bonds is 6. The van der Waals surface area contributed by atoms with Gasteiger partial charge in [-0.25, -0.2) is 4.79 Å². The van der Waals surface area contributed by atoms with Crippen molar-refractivity contribution >= 4 is 23.5 Å². The van der Waals surface area contributed by atoms with Gasteiger partial charge in [-0.2, -0.15) is 0 Å². The highest BCUT2D eigenvalue weighted by molar-refractivity contribution is 6.04. The van der Waals surface area contributed by atoms with Crippen molar-refractivity contribution in [3.05, 3.63) is 65.2 Å². The van der Waals surface area contributed by atoms with E-state index in [4.69, 9.17) is 4.74 Å². The molecule has 2 aromatic rings. The molecule has 2 N–H and O–H groups in total. The molecule has 0 saturated heterocycles. The van der Waals surface area contributed by atoms with Crippen molar-refractivity contribution in [2.24, 2.45) is 0 Å². The highest BCUT2D eigenvalue weighted by Crippen LogP contribution is 2.21. The maximum Gasteiger partial charge on any atom is 0.338 e. The minimum Gasteiger partial charge on any atom is -0.452 e. The summed E-state index contributed by atoms with van der Waals surface area (Å²) in [5.74, 6) is -1.29. The number of anilines is 1. The number of aryl methyl sites for hydroxylation is 1. The van der Waals surface area contributed by atoms with Crippen molar-refractivity contribution in [1.82, 2.24) is 5.32 Å². The van der Waals surface area contributed by atoms with Crippen LogP contribution in [0.1, 0.15) is 39.1 Å². The van der Waals surface area contributed by atoms with Gasteiger partial charge < -0.3 is 15.4 Å². The Morgan fingerprint density at radius 3 is 2.42 bits per heavy atom. The summed E-state index contributed by atoms with van der Waals surface area (Å²) in [5, 5.41) is 5.51. The average Bonchev–Trinajstić information content (AvgIpc) is 3.44. The molecule has 0 aliphatic heterocycles. The van der Waals surface area contributed by atoms with Crippen LogP contribution < -0.4 is 10.6 Å². The Kier molecular flexibility index (Phi) is 5.31. The van der Waals surface area contributed by atoms with Crippen LogP contribution in [0.5, 0.6) is 0 Å². The summed E-state index contributed by atoms with van der Waals surface area (Å²) >= 11 is 0. The van der Waals surface area contributed by atoms with E-state index in [-0.39, 0.29) is 11.9 Å². The largest absolute Gasteiger partial charge is 0.452 e. The third-order valence-corrected chi connectivity index (χ3v) is 3.98. The Balaban J connectivity index is 1.57. The molecule has 0 bridgehead atoms. The van der Waals surface area contributed by atoms with Gasteiger partial charge in [0.1, 0.15) is 0 Å². The number of hydrogen-bond donors (Lipinski definition) is 2. The highest BCUT2D eigenvalue weighted by atomic mass is 16.5. The number of nitrogens with one attached hydrogen (secondary N) is 2. The van der Waals surface area contributed by atoms with Crippen LogP contribution in [0.2, 0.25) is 0 Å². The van der Waals surface area contributed by atoms with Gasteiger partial charge in [0.2, 0.25) is 0 Å². The summed E-state index contributed by atoms with van der Waals surface area (Å²) in [5.41, 5.74) is 2.19. The molecule has 0 heterocycles. The summed E-state index contributed by atoms with van der Waals surface area (Å²) in [7, 11) is 0. The Bertz CT molecular complexity index is 826. The van der Waals surface area contributed by atoms with Crippen LogP contribution in [-0.4, -0.2) is 30.4 Å². The minimum atomic E-state index is -0.570. The van der Waals surface area contributed by atoms with E-state index in [1.165, 1.54) is 0 Å². The van der Waals surface area contributed by atoms with E-state index < -0.39 is 18.5 Å². The monoisotopic (exact) mass is 352 g/mol. The van der Waals surface area contributed by atoms with Crippen molar-refractivity contribution in [2.75, 3.05) is 11.9 Å². The maximum absolute atomic E-state index is 12.2. The van der Waals surface area contributed by atoms with Gasteiger partial charge in [0.05, 0.1) is 16.8 Å². The zero-order chi connectivity index (χ0) is 18.5. The molecule has 134 valence electrons. The van der Waals surface area contributed by atoms with Crippen LogP contribution in [0.3, 0.4) is 0 Å². The number of carbonyl (C=O) groups is 3. The average molecular weight is 352 g/mol. The summed E-state index contributed by atoms with van der Waals surface area (Å²) in [6, 6.07) is 13.8. The Morgan fingerprint density at radius 1 is 1.04 bits per heavy atom. The smallest absolute Gasteiger partial charge is 0.338 e. The topological polar surface area (TPSA) is 84.5 Å². The summed E-state index contributed by atoms with van der Waals surface area (Å²) < 4.78 is 5.03. The van der Waals surface area contributed by atoms with Gasteiger partial charge in [-0.15, -0.1) is 0 Å². The van der Waals surface area contributed by atoms with Crippen molar-refractivity contribution in [3.63, 3.8) is 0 Å². The number of amides is 2. The summed E-state index contributed by atoms with van der Waals surface area (Å²) in [4.78, 5) is 36.3. The molecule has 2 aromatic carbocycles. The predicted molar refractivity (Wildman–Crippen MR) is 97.0 cm³/mol. The molecule has 0 spiro atoms. The Morgan fingerprint density at radius 2 is 1.73 bits per heavy atom. The first-order valence-electron chi connectivity index (χ1n) is 8.46. The lowest BCUT2D eigenvalue weighted by molar-refractivity contribution is -0.119. The molecule has 1 aliphatic carbocycles. The molecule has 3 rings (SSSR count). The fraction of sp³-hybridized carbons (Fsp3) is 0.250. The fourth-order valence-corrected chi connectivity index (χ4v) is 2.37. The van der Waals surface area contributed by atoms with Gasteiger partial charge in [0, 0.05) is 6.04 Å². The Hall–Kier alpha value is -3.15. The zero-order valence-electron chi connectivity index (χ0n) is 14.5. The second kappa shape index (κ2) is 7.82. The lowest BCUT2D eigenvalue weighted by atomic mass is 10.1. The van der Waals surface area contributed by atoms with E-state index in [0.717, 1.165) is 18.4 Å². The van der Waals surface area contributed by atoms with Crippen LogP contribution >= 0.6 is 0 Å². The number of para-hydroxylation sites is 1. The first kappa shape index (κ1) is 17.7.